The molecule has 0 aliphatic carbocycles. The highest BCUT2D eigenvalue weighted by Crippen LogP contribution is 2.25. The highest BCUT2D eigenvalue weighted by atomic mass is 19.2. The summed E-state index contributed by atoms with van der Waals surface area (Å²) >= 11 is 0. The average molecular weight is 292 g/mol. The fraction of sp³-hybridized carbons (Fsp3) is 0.133. The molecule has 1 N–H and O–H groups in total. The lowest BCUT2D eigenvalue weighted by Crippen LogP contribution is -2.11. The molecule has 21 heavy (non-hydrogen) atoms. The molecule has 0 bridgehead atoms. The molecule has 1 unspecified atom stereocenters. The molecule has 0 saturated heterocycles. The third-order valence-corrected chi connectivity index (χ3v) is 2.88. The minimum absolute atomic E-state index is 0.257. The van der Waals surface area contributed by atoms with Crippen molar-refractivity contribution in [1.82, 2.24) is 0 Å². The molecule has 2 aromatic rings. The molecule has 2 aromatic carbocycles. The van der Waals surface area contributed by atoms with Crippen LogP contribution in [-0.2, 0) is 0 Å². The number of hydrogen-bond acceptors (Lipinski definition) is 3. The average Bonchev–Trinajstić information content (AvgIpc) is 2.49. The van der Waals surface area contributed by atoms with Crippen LogP contribution in [0.3, 0.4) is 0 Å². The van der Waals surface area contributed by atoms with Gasteiger partial charge in [0, 0.05) is 17.3 Å². The molecule has 0 aromatic heterocycles. The predicted octanol–water partition coefficient (Wildman–Crippen LogP) is 3.79. The fourth-order valence-corrected chi connectivity index (χ4v) is 1.79. The van der Waals surface area contributed by atoms with Crippen LogP contribution in [0.1, 0.15) is 11.6 Å². The SMILES string of the molecule is COc1ccc(NC(C#N)c2cc(F)c(F)cc2F)cc1. The van der Waals surface area contributed by atoms with Crippen molar-refractivity contribution in [3.8, 4) is 11.8 Å². The Bertz CT molecular complexity index is 681. The summed E-state index contributed by atoms with van der Waals surface area (Å²) in [4.78, 5) is 0. The van der Waals surface area contributed by atoms with Crippen molar-refractivity contribution in [2.75, 3.05) is 12.4 Å². The summed E-state index contributed by atoms with van der Waals surface area (Å²) in [7, 11) is 1.51. The normalized spacial score (nSPS) is 11.6. The van der Waals surface area contributed by atoms with Crippen LogP contribution in [0.15, 0.2) is 36.4 Å². The maximum Gasteiger partial charge on any atom is 0.161 e. The van der Waals surface area contributed by atoms with Gasteiger partial charge in [-0.3, -0.25) is 0 Å². The molecule has 0 aliphatic heterocycles. The van der Waals surface area contributed by atoms with Gasteiger partial charge in [0.15, 0.2) is 11.6 Å². The molecule has 3 nitrogen and oxygen atoms in total. The van der Waals surface area contributed by atoms with Crippen molar-refractivity contribution in [3.63, 3.8) is 0 Å². The van der Waals surface area contributed by atoms with Crippen molar-refractivity contribution in [3.05, 3.63) is 59.4 Å². The van der Waals surface area contributed by atoms with Gasteiger partial charge in [-0.25, -0.2) is 13.2 Å². The molecule has 0 aliphatic rings. The lowest BCUT2D eigenvalue weighted by atomic mass is 10.1. The first-order valence-electron chi connectivity index (χ1n) is 6.00. The first-order valence-corrected chi connectivity index (χ1v) is 6.00. The number of anilines is 1. The van der Waals surface area contributed by atoms with Gasteiger partial charge >= 0.3 is 0 Å². The quantitative estimate of drug-likeness (QED) is 0.872. The number of nitrogens with zero attached hydrogens (tertiary/aromatic N) is 1. The van der Waals surface area contributed by atoms with Gasteiger partial charge in [-0.05, 0) is 30.3 Å². The van der Waals surface area contributed by atoms with Gasteiger partial charge in [0.05, 0.1) is 13.2 Å². The number of nitriles is 1. The molecule has 0 saturated carbocycles. The zero-order valence-electron chi connectivity index (χ0n) is 11.0. The van der Waals surface area contributed by atoms with Crippen molar-refractivity contribution in [2.45, 2.75) is 6.04 Å². The monoisotopic (exact) mass is 292 g/mol. The summed E-state index contributed by atoms with van der Waals surface area (Å²) in [5.74, 6) is -2.87. The summed E-state index contributed by atoms with van der Waals surface area (Å²) in [5, 5.41) is 11.8. The fourth-order valence-electron chi connectivity index (χ4n) is 1.79. The largest absolute Gasteiger partial charge is 0.497 e. The van der Waals surface area contributed by atoms with E-state index in [9.17, 15) is 13.2 Å². The Kier molecular flexibility index (Phi) is 4.33. The van der Waals surface area contributed by atoms with E-state index in [1.165, 1.54) is 7.11 Å². The molecular weight excluding hydrogens is 281 g/mol. The van der Waals surface area contributed by atoms with Gasteiger partial charge in [-0.2, -0.15) is 5.26 Å². The standard InChI is InChI=1S/C15H11F3N2O/c1-21-10-4-2-9(3-5-10)20-15(8-19)11-6-13(17)14(18)7-12(11)16/h2-7,15,20H,1H3. The molecule has 108 valence electrons. The zero-order chi connectivity index (χ0) is 15.4. The van der Waals surface area contributed by atoms with E-state index >= 15 is 0 Å². The van der Waals surface area contributed by atoms with Gasteiger partial charge in [0.1, 0.15) is 17.6 Å². The van der Waals surface area contributed by atoms with E-state index in [1.54, 1.807) is 24.3 Å². The van der Waals surface area contributed by atoms with Gasteiger partial charge < -0.3 is 10.1 Å². The maximum absolute atomic E-state index is 13.7. The van der Waals surface area contributed by atoms with Gasteiger partial charge in [0.25, 0.3) is 0 Å². The van der Waals surface area contributed by atoms with Crippen LogP contribution in [0.2, 0.25) is 0 Å². The third-order valence-electron chi connectivity index (χ3n) is 2.88. The predicted molar refractivity (Wildman–Crippen MR) is 71.3 cm³/mol. The smallest absolute Gasteiger partial charge is 0.161 e. The Morgan fingerprint density at radius 2 is 1.67 bits per heavy atom. The molecule has 0 heterocycles. The Hall–Kier alpha value is -2.68. The van der Waals surface area contributed by atoms with E-state index in [4.69, 9.17) is 10.00 Å². The minimum Gasteiger partial charge on any atom is -0.497 e. The second-order valence-corrected chi connectivity index (χ2v) is 4.22. The van der Waals surface area contributed by atoms with E-state index in [-0.39, 0.29) is 5.56 Å². The summed E-state index contributed by atoms with van der Waals surface area (Å²) < 4.78 is 44.8. The molecule has 6 heteroatoms. The van der Waals surface area contributed by atoms with Crippen LogP contribution < -0.4 is 10.1 Å². The van der Waals surface area contributed by atoms with Gasteiger partial charge in [-0.15, -0.1) is 0 Å². The lowest BCUT2D eigenvalue weighted by molar-refractivity contribution is 0.415. The van der Waals surface area contributed by atoms with Crippen molar-refractivity contribution >= 4 is 5.69 Å². The molecular formula is C15H11F3N2O. The number of benzene rings is 2. The molecule has 0 amide bonds. The minimum atomic E-state index is -1.29. The van der Waals surface area contributed by atoms with Crippen molar-refractivity contribution < 1.29 is 17.9 Å². The summed E-state index contributed by atoms with van der Waals surface area (Å²) in [6.45, 7) is 0. The van der Waals surface area contributed by atoms with Crippen molar-refractivity contribution in [2.24, 2.45) is 0 Å². The number of hydrogen-bond donors (Lipinski definition) is 1. The number of nitrogens with one attached hydrogen (secondary N) is 1. The van der Waals surface area contributed by atoms with Crippen LogP contribution >= 0.6 is 0 Å². The van der Waals surface area contributed by atoms with Crippen molar-refractivity contribution in [1.29, 1.82) is 5.26 Å². The van der Waals surface area contributed by atoms with Gasteiger partial charge in [-0.1, -0.05) is 0 Å². The maximum atomic E-state index is 13.7. The highest BCUT2D eigenvalue weighted by Gasteiger charge is 2.18. The zero-order valence-corrected chi connectivity index (χ0v) is 11.0. The highest BCUT2D eigenvalue weighted by molar-refractivity contribution is 5.50. The van der Waals surface area contributed by atoms with E-state index in [0.717, 1.165) is 0 Å². The Balaban J connectivity index is 2.28. The molecule has 2 rings (SSSR count). The third kappa shape index (κ3) is 3.26. The van der Waals surface area contributed by atoms with Crippen LogP contribution in [0.4, 0.5) is 18.9 Å². The summed E-state index contributed by atoms with van der Waals surface area (Å²) in [6.07, 6.45) is 0. The van der Waals surface area contributed by atoms with E-state index in [1.807, 2.05) is 6.07 Å². The summed E-state index contributed by atoms with van der Waals surface area (Å²) in [6, 6.07) is 8.32. The second kappa shape index (κ2) is 6.18. The summed E-state index contributed by atoms with van der Waals surface area (Å²) in [5.41, 5.74) is 0.263. The number of methoxy groups -OCH3 is 1. The lowest BCUT2D eigenvalue weighted by Gasteiger charge is -2.14. The Morgan fingerprint density at radius 3 is 2.24 bits per heavy atom. The Labute approximate surface area is 119 Å². The van der Waals surface area contributed by atoms with Gasteiger partial charge in [0.2, 0.25) is 0 Å². The number of halogens is 3. The van der Waals surface area contributed by atoms with Crippen LogP contribution in [0.25, 0.3) is 0 Å². The first-order chi connectivity index (χ1) is 10.0. The Morgan fingerprint density at radius 1 is 1.05 bits per heavy atom. The first kappa shape index (κ1) is 14.7. The molecule has 0 fully saturated rings. The topological polar surface area (TPSA) is 45.0 Å². The van der Waals surface area contributed by atoms with Crippen LogP contribution in [0.5, 0.6) is 5.75 Å². The number of rotatable bonds is 4. The van der Waals surface area contributed by atoms with Crippen LogP contribution in [-0.4, -0.2) is 7.11 Å². The number of ether oxygens (including phenoxy) is 1. The van der Waals surface area contributed by atoms with E-state index < -0.39 is 23.5 Å². The molecule has 1 atom stereocenters. The van der Waals surface area contributed by atoms with Crippen LogP contribution in [0, 0.1) is 28.8 Å². The second-order valence-electron chi connectivity index (χ2n) is 4.22. The van der Waals surface area contributed by atoms with E-state index in [2.05, 4.69) is 5.32 Å². The molecule has 0 spiro atoms. The molecule has 0 radical (unpaired) electrons. The van der Waals surface area contributed by atoms with E-state index in [0.29, 0.717) is 23.6 Å².